The Labute approximate surface area is 152 Å². The molecule has 0 radical (unpaired) electrons. The molecule has 0 fully saturated rings. The van der Waals surface area contributed by atoms with Gasteiger partial charge in [0.1, 0.15) is 0 Å². The summed E-state index contributed by atoms with van der Waals surface area (Å²) in [7, 11) is -1.58. The Balaban J connectivity index is 1.85. The maximum absolute atomic E-state index is 12.0. The number of ether oxygens (including phenoxy) is 1. The third-order valence-corrected chi connectivity index (χ3v) is 6.22. The van der Waals surface area contributed by atoms with Crippen LogP contribution in [0.3, 0.4) is 0 Å². The summed E-state index contributed by atoms with van der Waals surface area (Å²) in [5, 5.41) is 6.18. The van der Waals surface area contributed by atoms with Crippen molar-refractivity contribution in [3.63, 3.8) is 0 Å². The highest BCUT2D eigenvalue weighted by Gasteiger charge is 2.32. The molecule has 2 aromatic rings. The van der Waals surface area contributed by atoms with E-state index >= 15 is 0 Å². The average Bonchev–Trinajstić information content (AvgIpc) is 3.09. The minimum atomic E-state index is -3.26. The van der Waals surface area contributed by atoms with Crippen LogP contribution in [0.25, 0.3) is 11.3 Å². The number of sulfonamides is 1. The number of nitrogens with zero attached hydrogens (tertiary/aromatic N) is 2. The highest BCUT2D eigenvalue weighted by atomic mass is 32.2. The molecule has 0 aliphatic carbocycles. The van der Waals surface area contributed by atoms with Gasteiger partial charge in [-0.25, -0.2) is 13.4 Å². The van der Waals surface area contributed by atoms with Gasteiger partial charge >= 0.3 is 0 Å². The Morgan fingerprint density at radius 3 is 2.92 bits per heavy atom. The van der Waals surface area contributed by atoms with Gasteiger partial charge in [0.2, 0.25) is 10.0 Å². The van der Waals surface area contributed by atoms with E-state index in [1.807, 2.05) is 31.4 Å². The molecule has 0 bridgehead atoms. The fraction of sp³-hybridized carbons (Fsp3) is 0.471. The van der Waals surface area contributed by atoms with Crippen LogP contribution in [-0.4, -0.2) is 45.5 Å². The summed E-state index contributed by atoms with van der Waals surface area (Å²) in [6.07, 6.45) is 1.97. The lowest BCUT2D eigenvalue weighted by atomic mass is 10.1. The molecule has 2 heterocycles. The standard InChI is InChI=1S/C17H23N3O3S2/c1-11(9-23-3)18-17-19-15(10-24-17)13-5-6-16-14(8-13)7-12(2)20(16)25(4,21)22/h5-6,8,10-12H,7,9H2,1-4H3,(H,18,19)/t11-,12-/m0/s1. The predicted molar refractivity (Wildman–Crippen MR) is 103 cm³/mol. The van der Waals surface area contributed by atoms with Crippen molar-refractivity contribution in [3.05, 3.63) is 29.1 Å². The molecule has 0 unspecified atom stereocenters. The molecule has 1 aromatic heterocycles. The van der Waals surface area contributed by atoms with Gasteiger partial charge in [-0.15, -0.1) is 11.3 Å². The largest absolute Gasteiger partial charge is 0.383 e. The van der Waals surface area contributed by atoms with Crippen molar-refractivity contribution < 1.29 is 13.2 Å². The number of hydrogen-bond acceptors (Lipinski definition) is 6. The van der Waals surface area contributed by atoms with Gasteiger partial charge in [-0.05, 0) is 38.0 Å². The first-order chi connectivity index (χ1) is 11.8. The number of anilines is 2. The first-order valence-corrected chi connectivity index (χ1v) is 10.9. The Morgan fingerprint density at radius 2 is 2.24 bits per heavy atom. The van der Waals surface area contributed by atoms with E-state index in [9.17, 15) is 8.42 Å². The van der Waals surface area contributed by atoms with Gasteiger partial charge in [-0.2, -0.15) is 0 Å². The lowest BCUT2D eigenvalue weighted by Crippen LogP contribution is -2.34. The van der Waals surface area contributed by atoms with Gasteiger partial charge in [0.05, 0.1) is 24.2 Å². The van der Waals surface area contributed by atoms with Crippen LogP contribution in [0.4, 0.5) is 10.8 Å². The second-order valence-electron chi connectivity index (χ2n) is 6.49. The summed E-state index contributed by atoms with van der Waals surface area (Å²) in [4.78, 5) is 4.64. The van der Waals surface area contributed by atoms with Crippen molar-refractivity contribution in [1.82, 2.24) is 4.98 Å². The lowest BCUT2D eigenvalue weighted by molar-refractivity contribution is 0.190. The monoisotopic (exact) mass is 381 g/mol. The van der Waals surface area contributed by atoms with E-state index in [0.29, 0.717) is 6.61 Å². The fourth-order valence-electron chi connectivity index (χ4n) is 3.24. The first kappa shape index (κ1) is 18.2. The van der Waals surface area contributed by atoms with Crippen LogP contribution in [0.2, 0.25) is 0 Å². The van der Waals surface area contributed by atoms with E-state index in [1.54, 1.807) is 18.4 Å². The van der Waals surface area contributed by atoms with Crippen LogP contribution >= 0.6 is 11.3 Å². The third kappa shape index (κ3) is 3.80. The smallest absolute Gasteiger partial charge is 0.232 e. The molecular formula is C17H23N3O3S2. The maximum Gasteiger partial charge on any atom is 0.232 e. The zero-order chi connectivity index (χ0) is 18.2. The predicted octanol–water partition coefficient (Wildman–Crippen LogP) is 2.97. The molecule has 1 aliphatic rings. The normalized spacial score (nSPS) is 18.2. The van der Waals surface area contributed by atoms with Crippen molar-refractivity contribution in [3.8, 4) is 11.3 Å². The Hall–Kier alpha value is -1.64. The van der Waals surface area contributed by atoms with Crippen LogP contribution in [0.15, 0.2) is 23.6 Å². The van der Waals surface area contributed by atoms with Crippen molar-refractivity contribution in [2.24, 2.45) is 0 Å². The van der Waals surface area contributed by atoms with Gasteiger partial charge in [0, 0.05) is 30.1 Å². The molecule has 6 nitrogen and oxygen atoms in total. The SMILES string of the molecule is COC[C@H](C)Nc1nc(-c2ccc3c(c2)C[C@H](C)N3S(C)(=O)=O)cs1. The first-order valence-electron chi connectivity index (χ1n) is 8.13. The third-order valence-electron chi connectivity index (χ3n) is 4.18. The van der Waals surface area contributed by atoms with Crippen LogP contribution in [0, 0.1) is 0 Å². The molecule has 1 aromatic carbocycles. The van der Waals surface area contributed by atoms with E-state index in [-0.39, 0.29) is 12.1 Å². The van der Waals surface area contributed by atoms with E-state index in [0.717, 1.165) is 34.1 Å². The van der Waals surface area contributed by atoms with Gasteiger partial charge < -0.3 is 10.1 Å². The Bertz CT molecular complexity index is 864. The number of aromatic nitrogens is 1. The number of benzene rings is 1. The summed E-state index contributed by atoms with van der Waals surface area (Å²) in [5.74, 6) is 0. The molecule has 136 valence electrons. The Morgan fingerprint density at radius 1 is 1.48 bits per heavy atom. The van der Waals surface area contributed by atoms with E-state index in [4.69, 9.17) is 4.74 Å². The highest BCUT2D eigenvalue weighted by molar-refractivity contribution is 7.92. The topological polar surface area (TPSA) is 71.5 Å². The quantitative estimate of drug-likeness (QED) is 0.833. The number of thiazole rings is 1. The molecule has 3 rings (SSSR count). The van der Waals surface area contributed by atoms with Crippen molar-refractivity contribution in [2.75, 3.05) is 29.6 Å². The minimum absolute atomic E-state index is 0.0530. The fourth-order valence-corrected chi connectivity index (χ4v) is 5.34. The molecular weight excluding hydrogens is 358 g/mol. The Kier molecular flexibility index (Phi) is 5.04. The summed E-state index contributed by atoms with van der Waals surface area (Å²) >= 11 is 1.55. The van der Waals surface area contributed by atoms with E-state index in [1.165, 1.54) is 10.6 Å². The number of hydrogen-bond donors (Lipinski definition) is 1. The molecule has 0 amide bonds. The van der Waals surface area contributed by atoms with E-state index in [2.05, 4.69) is 16.4 Å². The van der Waals surface area contributed by atoms with Crippen LogP contribution in [0.1, 0.15) is 19.4 Å². The lowest BCUT2D eigenvalue weighted by Gasteiger charge is -2.21. The minimum Gasteiger partial charge on any atom is -0.383 e. The van der Waals surface area contributed by atoms with Crippen molar-refractivity contribution in [1.29, 1.82) is 0 Å². The zero-order valence-electron chi connectivity index (χ0n) is 14.8. The molecule has 0 spiro atoms. The molecule has 8 heteroatoms. The summed E-state index contributed by atoms with van der Waals surface area (Å²) < 4.78 is 30.7. The molecule has 1 aliphatic heterocycles. The van der Waals surface area contributed by atoms with Gasteiger partial charge in [-0.1, -0.05) is 6.07 Å². The number of methoxy groups -OCH3 is 1. The van der Waals surface area contributed by atoms with Gasteiger partial charge in [-0.3, -0.25) is 4.31 Å². The van der Waals surface area contributed by atoms with Gasteiger partial charge in [0.25, 0.3) is 0 Å². The molecule has 0 saturated carbocycles. The summed E-state index contributed by atoms with van der Waals surface area (Å²) in [5.41, 5.74) is 3.72. The zero-order valence-corrected chi connectivity index (χ0v) is 16.4. The number of rotatable bonds is 6. The van der Waals surface area contributed by atoms with Gasteiger partial charge in [0.15, 0.2) is 5.13 Å². The summed E-state index contributed by atoms with van der Waals surface area (Å²) in [6, 6.07) is 6.01. The second kappa shape index (κ2) is 6.93. The average molecular weight is 382 g/mol. The second-order valence-corrected chi connectivity index (χ2v) is 9.21. The molecule has 1 N–H and O–H groups in total. The van der Waals surface area contributed by atoms with E-state index < -0.39 is 10.0 Å². The van der Waals surface area contributed by atoms with Crippen LogP contribution in [0.5, 0.6) is 0 Å². The highest BCUT2D eigenvalue weighted by Crippen LogP contribution is 2.37. The summed E-state index contributed by atoms with van der Waals surface area (Å²) in [6.45, 7) is 4.59. The molecule has 25 heavy (non-hydrogen) atoms. The maximum atomic E-state index is 12.0. The number of nitrogens with one attached hydrogen (secondary N) is 1. The van der Waals surface area contributed by atoms with Crippen molar-refractivity contribution in [2.45, 2.75) is 32.4 Å². The van der Waals surface area contributed by atoms with Crippen molar-refractivity contribution >= 4 is 32.2 Å². The molecule has 0 saturated heterocycles. The number of fused-ring (bicyclic) bond motifs is 1. The molecule has 2 atom stereocenters. The van der Waals surface area contributed by atoms with Crippen LogP contribution < -0.4 is 9.62 Å². The van der Waals surface area contributed by atoms with Crippen LogP contribution in [-0.2, 0) is 21.2 Å².